The van der Waals surface area contributed by atoms with Gasteiger partial charge in [-0.3, -0.25) is 14.7 Å². The summed E-state index contributed by atoms with van der Waals surface area (Å²) in [6.45, 7) is -7.11. The van der Waals surface area contributed by atoms with E-state index < -0.39 is 89.9 Å². The molecule has 2 rings (SSSR count). The average Bonchev–Trinajstić information content (AvgIpc) is 2.97. The Balaban J connectivity index is 0.0000115. The molecule has 2 aromatic rings. The molecule has 0 aliphatic heterocycles. The molecule has 0 saturated heterocycles. The van der Waals surface area contributed by atoms with Gasteiger partial charge in [-0.15, -0.1) is 0 Å². The number of benzene rings is 2. The SMILES string of the molecule is O=C([O-])CN(CCN(CC(=O)[O-])CC(CO[P+]([O-])(O)OCCc1ccc(-c2ccccc2)cc1)N(CC(=O)[O-])CC(=O)[O-])CC(=O)[O-].[Gd+3]. The van der Waals surface area contributed by atoms with E-state index in [0.717, 1.165) is 31.4 Å². The Bertz CT molecular complexity index is 1300. The van der Waals surface area contributed by atoms with Gasteiger partial charge in [0.05, 0.1) is 35.9 Å². The molecule has 263 valence electrons. The van der Waals surface area contributed by atoms with Crippen molar-refractivity contribution in [2.24, 2.45) is 0 Å². The van der Waals surface area contributed by atoms with Crippen molar-refractivity contribution in [1.82, 2.24) is 14.7 Å². The average molecular weight is 836 g/mol. The fourth-order valence-corrected chi connectivity index (χ4v) is 5.24. The number of phosphoric ester groups is 1. The summed E-state index contributed by atoms with van der Waals surface area (Å²) >= 11 is 0. The minimum atomic E-state index is -4.84. The molecule has 0 amide bonds. The number of rotatable bonds is 24. The summed E-state index contributed by atoms with van der Waals surface area (Å²) < 4.78 is 10.1. The van der Waals surface area contributed by atoms with Crippen molar-refractivity contribution >= 4 is 38.0 Å². The van der Waals surface area contributed by atoms with E-state index in [1.165, 1.54) is 0 Å². The second-order valence-corrected chi connectivity index (χ2v) is 11.7. The van der Waals surface area contributed by atoms with Crippen LogP contribution in [0.1, 0.15) is 5.56 Å². The summed E-state index contributed by atoms with van der Waals surface area (Å²) in [6, 6.07) is 15.5. The molecule has 0 saturated carbocycles. The maximum atomic E-state index is 12.7. The van der Waals surface area contributed by atoms with Crippen molar-refractivity contribution in [2.75, 3.05) is 65.6 Å². The van der Waals surface area contributed by atoms with Crippen molar-refractivity contribution in [2.45, 2.75) is 12.5 Å². The molecule has 0 aliphatic carbocycles. The van der Waals surface area contributed by atoms with E-state index in [2.05, 4.69) is 0 Å². The maximum Gasteiger partial charge on any atom is 3.00 e. The normalized spacial score (nSPS) is 13.1. The van der Waals surface area contributed by atoms with Crippen molar-refractivity contribution in [3.8, 4) is 11.1 Å². The van der Waals surface area contributed by atoms with E-state index in [-0.39, 0.29) is 66.1 Å². The van der Waals surface area contributed by atoms with Gasteiger partial charge in [-0.1, -0.05) is 54.6 Å². The zero-order chi connectivity index (χ0) is 35.0. The number of phosphoric acid groups is 1. The van der Waals surface area contributed by atoms with Crippen LogP contribution in [0.3, 0.4) is 0 Å². The minimum absolute atomic E-state index is 0. The Hall–Kier alpha value is -2.74. The summed E-state index contributed by atoms with van der Waals surface area (Å²) in [7, 11) is -4.84. The third-order valence-corrected chi connectivity index (χ3v) is 7.56. The molecule has 0 heterocycles. The summed E-state index contributed by atoms with van der Waals surface area (Å²) in [5.41, 5.74) is 2.71. The van der Waals surface area contributed by atoms with Gasteiger partial charge in [-0.25, -0.2) is 0 Å². The first-order valence-corrected chi connectivity index (χ1v) is 15.6. The predicted molar refractivity (Wildman–Crippen MR) is 150 cm³/mol. The molecule has 1 radical (unpaired) electrons. The largest absolute Gasteiger partial charge is 3.00 e. The molecule has 2 unspecified atom stereocenters. The summed E-state index contributed by atoms with van der Waals surface area (Å²) in [4.78, 5) is 81.8. The molecule has 19 heteroatoms. The Morgan fingerprint density at radius 3 is 1.62 bits per heavy atom. The van der Waals surface area contributed by atoms with Gasteiger partial charge in [0.2, 0.25) is 0 Å². The third-order valence-electron chi connectivity index (χ3n) is 6.58. The Morgan fingerprint density at radius 1 is 0.667 bits per heavy atom. The Kier molecular flexibility index (Phi) is 19.9. The van der Waals surface area contributed by atoms with Gasteiger partial charge in [-0.05, 0) is 16.7 Å². The fraction of sp³-hybridized carbons (Fsp3) is 0.414. The van der Waals surface area contributed by atoms with Crippen LogP contribution in [0.15, 0.2) is 54.6 Å². The number of carbonyl (C=O) groups is 5. The monoisotopic (exact) mass is 836 g/mol. The summed E-state index contributed by atoms with van der Waals surface area (Å²) in [5.74, 6) is -8.44. The molecule has 0 bridgehead atoms. The number of nitrogens with zero attached hydrogens (tertiary/aromatic N) is 3. The van der Waals surface area contributed by atoms with Gasteiger partial charge in [0.15, 0.2) is 0 Å². The quantitative estimate of drug-likeness (QED) is 0.0963. The second-order valence-electron chi connectivity index (χ2n) is 10.3. The van der Waals surface area contributed by atoms with Crippen LogP contribution in [0.25, 0.3) is 11.1 Å². The van der Waals surface area contributed by atoms with Crippen LogP contribution >= 0.6 is 8.17 Å². The van der Waals surface area contributed by atoms with Gasteiger partial charge in [0.1, 0.15) is 13.2 Å². The maximum absolute atomic E-state index is 12.7. The standard InChI is InChI=1S/C29H38N3O14P.Gd/c33-25(34)15-30(11-12-31(16-26(35)36)17-27(37)38)14-24(32(18-28(39)40)19-29(41)42)20-46-47(43,44)45-13-10-21-6-8-23(9-7-21)22-4-2-1-3-5-22;/h1-9,24H,10-20H2,(H,33,34)(H,35,36)(H,37,38)(H,39,40)(H,41,42)(H,43,44);/q;+3/p-5. The van der Waals surface area contributed by atoms with Crippen molar-refractivity contribution in [3.05, 3.63) is 60.2 Å². The Labute approximate surface area is 308 Å². The van der Waals surface area contributed by atoms with Crippen LogP contribution in [0.4, 0.5) is 0 Å². The van der Waals surface area contributed by atoms with Crippen molar-refractivity contribution < 1.29 is 108 Å². The summed E-state index contributed by atoms with van der Waals surface area (Å²) in [5, 5.41) is 56.2. The van der Waals surface area contributed by atoms with E-state index in [1.807, 2.05) is 42.5 Å². The molecule has 2 aromatic carbocycles. The molecule has 0 spiro atoms. The fourth-order valence-electron chi connectivity index (χ4n) is 4.49. The van der Waals surface area contributed by atoms with Crippen LogP contribution in [0.5, 0.6) is 0 Å². The zero-order valence-electron chi connectivity index (χ0n) is 25.4. The van der Waals surface area contributed by atoms with Crippen LogP contribution in [-0.4, -0.2) is 121 Å². The van der Waals surface area contributed by atoms with Gasteiger partial charge in [-0.2, -0.15) is 13.9 Å². The van der Waals surface area contributed by atoms with E-state index in [9.17, 15) is 59.3 Å². The minimum Gasteiger partial charge on any atom is -0.606 e. The van der Waals surface area contributed by atoms with Crippen LogP contribution in [0, 0.1) is 39.9 Å². The number of carbonyl (C=O) groups excluding carboxylic acids is 5. The summed E-state index contributed by atoms with van der Waals surface area (Å²) in [6.07, 6.45) is 0.196. The molecular formula is C29H33GdN3O14P-2. The van der Waals surface area contributed by atoms with E-state index in [1.54, 1.807) is 12.1 Å². The predicted octanol–water partition coefficient (Wildman–Crippen LogP) is -7.02. The van der Waals surface area contributed by atoms with E-state index in [4.69, 9.17) is 9.05 Å². The van der Waals surface area contributed by atoms with Gasteiger partial charge in [0.25, 0.3) is 0 Å². The number of hydrogen-bond acceptors (Lipinski definition) is 17. The smallest absolute Gasteiger partial charge is 0.606 e. The van der Waals surface area contributed by atoms with Gasteiger partial charge in [0, 0.05) is 58.8 Å². The molecule has 17 nitrogen and oxygen atoms in total. The first-order chi connectivity index (χ1) is 22.1. The van der Waals surface area contributed by atoms with Crippen LogP contribution < -0.4 is 30.4 Å². The third kappa shape index (κ3) is 18.1. The first-order valence-electron chi connectivity index (χ1n) is 14.1. The van der Waals surface area contributed by atoms with Crippen molar-refractivity contribution in [3.63, 3.8) is 0 Å². The number of carboxylic acids is 5. The second kappa shape index (κ2) is 22.1. The molecule has 0 fully saturated rings. The van der Waals surface area contributed by atoms with Gasteiger partial charge >= 0.3 is 48.1 Å². The zero-order valence-corrected chi connectivity index (χ0v) is 28.6. The molecule has 2 atom stereocenters. The van der Waals surface area contributed by atoms with Crippen LogP contribution in [0.2, 0.25) is 0 Å². The van der Waals surface area contributed by atoms with Crippen molar-refractivity contribution in [1.29, 1.82) is 0 Å². The molecule has 0 aromatic heterocycles. The topological polar surface area (TPSA) is 272 Å². The number of hydrogen-bond donors (Lipinski definition) is 1. The van der Waals surface area contributed by atoms with Gasteiger partial charge < -0.3 is 54.4 Å². The van der Waals surface area contributed by atoms with E-state index in [0.29, 0.717) is 0 Å². The molecular weight excluding hydrogens is 803 g/mol. The van der Waals surface area contributed by atoms with E-state index >= 15 is 0 Å². The molecule has 1 N–H and O–H groups in total. The van der Waals surface area contributed by atoms with Crippen LogP contribution in [-0.2, 0) is 39.4 Å². The number of carboxylic acid groups (broad SMARTS) is 5. The first kappa shape index (κ1) is 43.3. The Morgan fingerprint density at radius 2 is 1.12 bits per heavy atom. The number of aliphatic carboxylic acids is 5. The molecule has 48 heavy (non-hydrogen) atoms. The molecule has 0 aliphatic rings.